The summed E-state index contributed by atoms with van der Waals surface area (Å²) in [5.41, 5.74) is -3.06. The Balaban J connectivity index is 5.49. The molecule has 0 aromatic heterocycles. The van der Waals surface area contributed by atoms with Crippen LogP contribution in [0.15, 0.2) is 0 Å². The van der Waals surface area contributed by atoms with Crippen LogP contribution in [0.2, 0.25) is 0 Å². The lowest BCUT2D eigenvalue weighted by atomic mass is 9.67. The van der Waals surface area contributed by atoms with Gasteiger partial charge in [-0.3, -0.25) is 9.59 Å². The number of hydrogen-bond acceptors (Lipinski definition) is 5. The van der Waals surface area contributed by atoms with Crippen LogP contribution in [0, 0.1) is 5.41 Å². The van der Waals surface area contributed by atoms with Crippen molar-refractivity contribution in [2.45, 2.75) is 111 Å². The van der Waals surface area contributed by atoms with Crippen LogP contribution < -0.4 is 0 Å². The summed E-state index contributed by atoms with van der Waals surface area (Å²) >= 11 is 0. The molecule has 0 aromatic rings. The van der Waals surface area contributed by atoms with Gasteiger partial charge in [-0.25, -0.2) is 0 Å². The Labute approximate surface area is 159 Å². The van der Waals surface area contributed by atoms with Crippen molar-refractivity contribution in [3.05, 3.63) is 0 Å². The molecule has 1 N–H and O–H groups in total. The molecule has 0 saturated heterocycles. The molecule has 0 aromatic carbocycles. The van der Waals surface area contributed by atoms with E-state index in [9.17, 15) is 14.7 Å². The van der Waals surface area contributed by atoms with Crippen LogP contribution in [0.25, 0.3) is 0 Å². The fraction of sp³-hybridized carbons (Fsp3) is 0.905. The van der Waals surface area contributed by atoms with E-state index in [1.54, 1.807) is 13.8 Å². The van der Waals surface area contributed by atoms with E-state index in [-0.39, 0.29) is 24.3 Å². The highest BCUT2D eigenvalue weighted by Crippen LogP contribution is 2.42. The van der Waals surface area contributed by atoms with Gasteiger partial charge in [0.1, 0.15) is 18.3 Å². The smallest absolute Gasteiger partial charge is 0.192 e. The third-order valence-electron chi connectivity index (χ3n) is 6.26. The molecule has 0 radical (unpaired) electrons. The molecule has 0 aliphatic carbocycles. The third kappa shape index (κ3) is 5.61. The number of Topliss-reactive ketones (excluding diaryl/α,β-unsaturated/α-hetero) is 2. The van der Waals surface area contributed by atoms with Gasteiger partial charge in [0.05, 0.1) is 17.1 Å². The first-order valence-corrected chi connectivity index (χ1v) is 9.94. The summed E-state index contributed by atoms with van der Waals surface area (Å²) in [4.78, 5) is 25.5. The first-order valence-electron chi connectivity index (χ1n) is 9.94. The van der Waals surface area contributed by atoms with E-state index >= 15 is 0 Å². The lowest BCUT2D eigenvalue weighted by molar-refractivity contribution is -0.185. The van der Waals surface area contributed by atoms with E-state index in [4.69, 9.17) is 9.47 Å². The van der Waals surface area contributed by atoms with E-state index in [1.807, 2.05) is 41.5 Å². The highest BCUT2D eigenvalue weighted by atomic mass is 16.5. The first-order chi connectivity index (χ1) is 11.8. The molecule has 0 saturated carbocycles. The van der Waals surface area contributed by atoms with Crippen LogP contribution in [-0.2, 0) is 19.1 Å². The van der Waals surface area contributed by atoms with Crippen molar-refractivity contribution < 1.29 is 24.2 Å². The van der Waals surface area contributed by atoms with E-state index < -0.39 is 22.7 Å². The molecule has 0 amide bonds. The Kier molecular flexibility index (Phi) is 9.66. The second-order valence-electron chi connectivity index (χ2n) is 7.97. The van der Waals surface area contributed by atoms with Gasteiger partial charge in [-0.05, 0) is 60.3 Å². The Bertz CT molecular complexity index is 473. The van der Waals surface area contributed by atoms with Crippen molar-refractivity contribution >= 4 is 11.6 Å². The van der Waals surface area contributed by atoms with Crippen LogP contribution in [0.1, 0.15) is 88.0 Å². The van der Waals surface area contributed by atoms with E-state index in [2.05, 4.69) is 0 Å². The molecule has 5 nitrogen and oxygen atoms in total. The third-order valence-corrected chi connectivity index (χ3v) is 6.26. The van der Waals surface area contributed by atoms with Crippen LogP contribution in [0.3, 0.4) is 0 Å². The zero-order valence-corrected chi connectivity index (χ0v) is 18.3. The van der Waals surface area contributed by atoms with Gasteiger partial charge in [0, 0.05) is 0 Å². The molecule has 0 aliphatic rings. The SMILES string of the molecule is CCC(C)OCC(=O)C(C)(CC)C(C)(CC)OC(C)C(=O)C(C)(O)CC. The molecule has 0 bridgehead atoms. The van der Waals surface area contributed by atoms with Gasteiger partial charge in [-0.2, -0.15) is 0 Å². The topological polar surface area (TPSA) is 72.8 Å². The second kappa shape index (κ2) is 9.95. The Morgan fingerprint density at radius 1 is 0.962 bits per heavy atom. The Morgan fingerprint density at radius 3 is 1.88 bits per heavy atom. The predicted octanol–water partition coefficient (Wildman–Crippen LogP) is 4.09. The minimum absolute atomic E-state index is 0.0217. The maximum Gasteiger partial charge on any atom is 0.192 e. The minimum Gasteiger partial charge on any atom is -0.382 e. The lowest BCUT2D eigenvalue weighted by Gasteiger charge is -2.46. The first kappa shape index (κ1) is 25.2. The molecule has 5 unspecified atom stereocenters. The molecule has 5 atom stereocenters. The van der Waals surface area contributed by atoms with Gasteiger partial charge in [-0.1, -0.05) is 27.7 Å². The molecule has 0 heterocycles. The molecule has 0 aliphatic heterocycles. The van der Waals surface area contributed by atoms with Gasteiger partial charge in [-0.15, -0.1) is 0 Å². The highest BCUT2D eigenvalue weighted by Gasteiger charge is 2.50. The largest absolute Gasteiger partial charge is 0.382 e. The zero-order valence-electron chi connectivity index (χ0n) is 18.3. The number of carbonyl (C=O) groups excluding carboxylic acids is 2. The average Bonchev–Trinajstić information content (AvgIpc) is 2.63. The number of ether oxygens (including phenoxy) is 2. The van der Waals surface area contributed by atoms with Crippen molar-refractivity contribution in [1.82, 2.24) is 0 Å². The van der Waals surface area contributed by atoms with Gasteiger partial charge < -0.3 is 14.6 Å². The van der Waals surface area contributed by atoms with Crippen LogP contribution >= 0.6 is 0 Å². The van der Waals surface area contributed by atoms with Gasteiger partial charge in [0.2, 0.25) is 0 Å². The maximum atomic E-state index is 13.0. The predicted molar refractivity (Wildman–Crippen MR) is 104 cm³/mol. The zero-order chi connectivity index (χ0) is 20.8. The Hall–Kier alpha value is -0.780. The molecule has 154 valence electrons. The maximum absolute atomic E-state index is 13.0. The normalized spacial score (nSPS) is 21.2. The second-order valence-corrected chi connectivity index (χ2v) is 7.97. The van der Waals surface area contributed by atoms with E-state index in [0.29, 0.717) is 19.3 Å². The summed E-state index contributed by atoms with van der Waals surface area (Å²) in [6, 6.07) is 0. The van der Waals surface area contributed by atoms with E-state index in [0.717, 1.165) is 6.42 Å². The highest BCUT2D eigenvalue weighted by molar-refractivity contribution is 5.90. The van der Waals surface area contributed by atoms with Crippen LogP contribution in [-0.4, -0.2) is 46.7 Å². The summed E-state index contributed by atoms with van der Waals surface area (Å²) in [5, 5.41) is 10.3. The number of aliphatic hydroxyl groups is 1. The summed E-state index contributed by atoms with van der Waals surface area (Å²) in [6.07, 6.45) is 1.52. The lowest BCUT2D eigenvalue weighted by Crippen LogP contribution is -2.55. The molecular formula is C21H40O5. The summed E-state index contributed by atoms with van der Waals surface area (Å²) in [7, 11) is 0. The van der Waals surface area contributed by atoms with Crippen LogP contribution in [0.5, 0.6) is 0 Å². The average molecular weight is 373 g/mol. The van der Waals surface area contributed by atoms with Crippen molar-refractivity contribution in [2.24, 2.45) is 5.41 Å². The summed E-state index contributed by atoms with van der Waals surface area (Å²) in [6.45, 7) is 16.6. The fourth-order valence-corrected chi connectivity index (χ4v) is 3.02. The van der Waals surface area contributed by atoms with E-state index in [1.165, 1.54) is 6.92 Å². The van der Waals surface area contributed by atoms with Gasteiger partial charge in [0.15, 0.2) is 11.6 Å². The number of hydrogen-bond donors (Lipinski definition) is 1. The molecule has 0 spiro atoms. The molecular weight excluding hydrogens is 332 g/mol. The standard InChI is InChI=1S/C21H40O5/c1-10-15(5)25-14-17(22)19(7,11-2)21(9,13-4)26-16(6)18(23)20(8,24)12-3/h15-16,24H,10-14H2,1-9H3. The quantitative estimate of drug-likeness (QED) is 0.527. The minimum atomic E-state index is -1.43. The molecule has 0 rings (SSSR count). The Morgan fingerprint density at radius 2 is 1.50 bits per heavy atom. The number of rotatable bonds is 13. The molecule has 0 fully saturated rings. The fourth-order valence-electron chi connectivity index (χ4n) is 3.02. The summed E-state index contributed by atoms with van der Waals surface area (Å²) in [5.74, 6) is -0.381. The van der Waals surface area contributed by atoms with Crippen molar-refractivity contribution in [1.29, 1.82) is 0 Å². The monoisotopic (exact) mass is 372 g/mol. The van der Waals surface area contributed by atoms with Crippen LogP contribution in [0.4, 0.5) is 0 Å². The number of carbonyl (C=O) groups is 2. The van der Waals surface area contributed by atoms with Crippen molar-refractivity contribution in [2.75, 3.05) is 6.61 Å². The van der Waals surface area contributed by atoms with Crippen molar-refractivity contribution in [3.63, 3.8) is 0 Å². The molecule has 26 heavy (non-hydrogen) atoms. The van der Waals surface area contributed by atoms with Gasteiger partial charge >= 0.3 is 0 Å². The van der Waals surface area contributed by atoms with Crippen molar-refractivity contribution in [3.8, 4) is 0 Å². The number of ketones is 2. The summed E-state index contributed by atoms with van der Waals surface area (Å²) < 4.78 is 11.8. The van der Waals surface area contributed by atoms with Gasteiger partial charge in [0.25, 0.3) is 0 Å². The molecule has 5 heteroatoms.